The van der Waals surface area contributed by atoms with Crippen molar-refractivity contribution in [2.75, 3.05) is 11.4 Å². The summed E-state index contributed by atoms with van der Waals surface area (Å²) in [5.74, 6) is 0.247. The fourth-order valence-corrected chi connectivity index (χ4v) is 5.14. The number of aromatic nitrogens is 2. The number of halogens is 1. The number of aryl methyl sites for hydroxylation is 1. The molecule has 5 rings (SSSR count). The smallest absolute Gasteiger partial charge is 0.410 e. The third kappa shape index (κ3) is 3.63. The molecule has 3 heterocycles. The van der Waals surface area contributed by atoms with Crippen molar-refractivity contribution in [2.24, 2.45) is 0 Å². The van der Waals surface area contributed by atoms with Crippen LogP contribution in [0.4, 0.5) is 19.7 Å². The average Bonchev–Trinajstić information content (AvgIpc) is 3.36. The second-order valence-electron chi connectivity index (χ2n) is 8.95. The third-order valence-corrected chi connectivity index (χ3v) is 6.80. The average molecular weight is 463 g/mol. The van der Waals surface area contributed by atoms with Crippen LogP contribution in [0.2, 0.25) is 0 Å². The van der Waals surface area contributed by atoms with Gasteiger partial charge in [0.05, 0.1) is 5.69 Å². The quantitative estimate of drug-likeness (QED) is 0.542. The molecule has 34 heavy (non-hydrogen) atoms. The Bertz CT molecular complexity index is 1230. The van der Waals surface area contributed by atoms with E-state index in [0.29, 0.717) is 37.3 Å². The summed E-state index contributed by atoms with van der Waals surface area (Å²) in [6.45, 7) is 4.53. The van der Waals surface area contributed by atoms with Crippen LogP contribution in [0.1, 0.15) is 43.8 Å². The first kappa shape index (κ1) is 22.1. The summed E-state index contributed by atoms with van der Waals surface area (Å²) >= 11 is 0. The Morgan fingerprint density at radius 3 is 2.71 bits per heavy atom. The molecule has 0 radical (unpaired) electrons. The number of carbonyl (C=O) groups is 2. The lowest BCUT2D eigenvalue weighted by atomic mass is 9.82. The van der Waals surface area contributed by atoms with Crippen LogP contribution in [-0.4, -0.2) is 39.2 Å². The number of ether oxygens (including phenoxy) is 1. The van der Waals surface area contributed by atoms with Gasteiger partial charge in [0.1, 0.15) is 23.8 Å². The van der Waals surface area contributed by atoms with E-state index in [0.717, 1.165) is 11.3 Å². The highest BCUT2D eigenvalue weighted by Gasteiger charge is 2.56. The molecule has 0 aliphatic carbocycles. The summed E-state index contributed by atoms with van der Waals surface area (Å²) < 4.78 is 21.3. The predicted molar refractivity (Wildman–Crippen MR) is 125 cm³/mol. The van der Waals surface area contributed by atoms with Gasteiger partial charge >= 0.3 is 12.1 Å². The minimum absolute atomic E-state index is 0.201. The van der Waals surface area contributed by atoms with Crippen LogP contribution in [0, 0.1) is 5.82 Å². The van der Waals surface area contributed by atoms with Gasteiger partial charge in [-0.05, 0) is 49.9 Å². The van der Waals surface area contributed by atoms with E-state index in [2.05, 4.69) is 0 Å². The molecule has 2 amide bonds. The molecule has 0 unspecified atom stereocenters. The Balaban J connectivity index is 1.43. The van der Waals surface area contributed by atoms with E-state index < -0.39 is 11.4 Å². The monoisotopic (exact) mass is 462 g/mol. The highest BCUT2D eigenvalue weighted by Crippen LogP contribution is 2.47. The topological polar surface area (TPSA) is 67.7 Å². The van der Waals surface area contributed by atoms with E-state index in [-0.39, 0.29) is 24.8 Å². The van der Waals surface area contributed by atoms with Crippen molar-refractivity contribution in [3.05, 3.63) is 83.7 Å². The second kappa shape index (κ2) is 8.59. The zero-order chi connectivity index (χ0) is 23.9. The first-order valence-corrected chi connectivity index (χ1v) is 11.6. The maximum absolute atomic E-state index is 14.1. The summed E-state index contributed by atoms with van der Waals surface area (Å²) in [6.07, 6.45) is 3.03. The molecule has 1 saturated heterocycles. The molecular formula is C26H27FN4O3. The van der Waals surface area contributed by atoms with Gasteiger partial charge in [0.2, 0.25) is 0 Å². The van der Waals surface area contributed by atoms with Crippen molar-refractivity contribution in [1.29, 1.82) is 0 Å². The number of imidazole rings is 1. The fourth-order valence-electron chi connectivity index (χ4n) is 5.14. The number of piperidine rings is 1. The highest BCUT2D eigenvalue weighted by atomic mass is 19.1. The maximum atomic E-state index is 14.1. The van der Waals surface area contributed by atoms with Gasteiger partial charge < -0.3 is 9.64 Å². The van der Waals surface area contributed by atoms with Crippen LogP contribution in [-0.2, 0) is 23.3 Å². The van der Waals surface area contributed by atoms with Crippen molar-refractivity contribution in [2.45, 2.75) is 51.3 Å². The van der Waals surface area contributed by atoms with Gasteiger partial charge in [-0.25, -0.2) is 19.0 Å². The Morgan fingerprint density at radius 2 is 2.00 bits per heavy atom. The lowest BCUT2D eigenvalue weighted by Gasteiger charge is -2.46. The second-order valence-corrected chi connectivity index (χ2v) is 8.95. The van der Waals surface area contributed by atoms with E-state index in [1.807, 2.05) is 44.2 Å². The molecular weight excluding hydrogens is 435 g/mol. The maximum Gasteiger partial charge on any atom is 0.410 e. The first-order chi connectivity index (χ1) is 16.4. The van der Waals surface area contributed by atoms with E-state index in [4.69, 9.17) is 9.72 Å². The number of nitrogens with zero attached hydrogens (tertiary/aromatic N) is 4. The van der Waals surface area contributed by atoms with Crippen molar-refractivity contribution in [1.82, 2.24) is 14.5 Å². The Hall–Kier alpha value is -3.68. The van der Waals surface area contributed by atoms with Crippen LogP contribution in [0.25, 0.3) is 0 Å². The van der Waals surface area contributed by atoms with Gasteiger partial charge in [-0.15, -0.1) is 0 Å². The van der Waals surface area contributed by atoms with Crippen LogP contribution in [0.5, 0.6) is 0 Å². The molecule has 0 saturated carbocycles. The normalized spacial score (nSPS) is 21.7. The summed E-state index contributed by atoms with van der Waals surface area (Å²) in [7, 11) is 0. The molecule has 2 atom stereocenters. The van der Waals surface area contributed by atoms with Gasteiger partial charge in [0.15, 0.2) is 0 Å². The molecule has 2 aliphatic rings. The van der Waals surface area contributed by atoms with Crippen LogP contribution >= 0.6 is 0 Å². The molecule has 8 heteroatoms. The predicted octanol–water partition coefficient (Wildman–Crippen LogP) is 5.09. The molecule has 3 aromatic rings. The summed E-state index contributed by atoms with van der Waals surface area (Å²) in [5, 5.41) is 0. The number of hydrogen-bond donors (Lipinski definition) is 0. The lowest BCUT2D eigenvalue weighted by molar-refractivity contribution is 0.0553. The fraction of sp³-hybridized carbons (Fsp3) is 0.346. The number of amides is 2. The molecule has 2 aromatic carbocycles. The molecule has 0 bridgehead atoms. The molecule has 7 nitrogen and oxygen atoms in total. The third-order valence-electron chi connectivity index (χ3n) is 6.80. The highest BCUT2D eigenvalue weighted by molar-refractivity contribution is 5.99. The zero-order valence-corrected chi connectivity index (χ0v) is 19.3. The summed E-state index contributed by atoms with van der Waals surface area (Å²) in [5.41, 5.74) is 1.47. The Morgan fingerprint density at radius 1 is 1.21 bits per heavy atom. The van der Waals surface area contributed by atoms with E-state index in [1.165, 1.54) is 12.1 Å². The van der Waals surface area contributed by atoms with Crippen molar-refractivity contribution in [3.8, 4) is 0 Å². The summed E-state index contributed by atoms with van der Waals surface area (Å²) in [4.78, 5) is 34.6. The largest absolute Gasteiger partial charge is 0.445 e. The molecule has 176 valence electrons. The molecule has 2 aliphatic heterocycles. The Kier molecular flexibility index (Phi) is 5.59. The van der Waals surface area contributed by atoms with Crippen molar-refractivity contribution >= 4 is 17.8 Å². The summed E-state index contributed by atoms with van der Waals surface area (Å²) in [6, 6.07) is 15.2. The van der Waals surface area contributed by atoms with Gasteiger partial charge in [0, 0.05) is 24.5 Å². The number of carbonyl (C=O) groups excluding carboxylic acids is 2. The van der Waals surface area contributed by atoms with E-state index >= 15 is 0 Å². The number of likely N-dealkylation sites (tertiary alicyclic amines) is 1. The van der Waals surface area contributed by atoms with Gasteiger partial charge in [-0.3, -0.25) is 9.47 Å². The van der Waals surface area contributed by atoms with Crippen LogP contribution in [0.3, 0.4) is 0 Å². The van der Waals surface area contributed by atoms with Gasteiger partial charge in [-0.2, -0.15) is 0 Å². The SMILES string of the molecule is CCc1cn2c(n1)[C@]1(CCN(C(=O)OCc3ccccc3)[C@@H](C)C1)N(c1cccc(F)c1)C2=O. The van der Waals surface area contributed by atoms with Gasteiger partial charge in [0.25, 0.3) is 0 Å². The number of anilines is 1. The minimum atomic E-state index is -0.770. The lowest BCUT2D eigenvalue weighted by Crippen LogP contribution is -2.56. The molecule has 1 aromatic heterocycles. The number of rotatable bonds is 4. The van der Waals surface area contributed by atoms with Crippen molar-refractivity contribution < 1.29 is 18.7 Å². The van der Waals surface area contributed by atoms with Crippen LogP contribution in [0.15, 0.2) is 60.8 Å². The van der Waals surface area contributed by atoms with Crippen molar-refractivity contribution in [3.63, 3.8) is 0 Å². The molecule has 1 spiro atoms. The van der Waals surface area contributed by atoms with Crippen LogP contribution < -0.4 is 4.90 Å². The minimum Gasteiger partial charge on any atom is -0.445 e. The number of hydrogen-bond acceptors (Lipinski definition) is 4. The van der Waals surface area contributed by atoms with E-state index in [9.17, 15) is 14.0 Å². The van der Waals surface area contributed by atoms with Gasteiger partial charge in [-0.1, -0.05) is 43.3 Å². The number of benzene rings is 2. The van der Waals surface area contributed by atoms with E-state index in [1.54, 1.807) is 32.7 Å². The number of fused-ring (bicyclic) bond motifs is 2. The molecule has 0 N–H and O–H groups in total. The molecule has 1 fully saturated rings. The first-order valence-electron chi connectivity index (χ1n) is 11.6. The zero-order valence-electron chi connectivity index (χ0n) is 19.3. The standard InChI is InChI=1S/C26H27FN4O3/c1-3-21-16-30-23(28-21)26(31(24(30)32)22-11-7-10-20(27)14-22)12-13-29(18(2)15-26)25(33)34-17-19-8-5-4-6-9-19/h4-11,14,16,18H,3,12-13,15,17H2,1-2H3/t18-,26+/m0/s1. The Labute approximate surface area is 197 Å².